The highest BCUT2D eigenvalue weighted by Crippen LogP contribution is 2.26. The van der Waals surface area contributed by atoms with Gasteiger partial charge in [-0.05, 0) is 41.1 Å². The van der Waals surface area contributed by atoms with Crippen LogP contribution in [0, 0.1) is 0 Å². The molecule has 0 atom stereocenters. The number of carbonyl (C=O) groups is 2. The van der Waals surface area contributed by atoms with Crippen molar-refractivity contribution in [1.29, 1.82) is 0 Å². The molecule has 0 aliphatic carbocycles. The Bertz CT molecular complexity index is 646. The van der Waals surface area contributed by atoms with Crippen LogP contribution in [0.25, 0.3) is 0 Å². The lowest BCUT2D eigenvalue weighted by Crippen LogP contribution is -2.52. The standard InChI is InChI=1S/C18H28BrN5O2/c1-13(2)16-15(19)17(21-20-16)18(26)24-10-8-22(9-11-24)12-14(25)23-6-4-3-5-7-23/h13H,3-12H2,1-2H3,(H,20,21). The monoisotopic (exact) mass is 425 g/mol. The van der Waals surface area contributed by atoms with Crippen molar-refractivity contribution in [2.45, 2.75) is 39.0 Å². The van der Waals surface area contributed by atoms with Crippen LogP contribution in [0.3, 0.4) is 0 Å². The van der Waals surface area contributed by atoms with Crippen LogP contribution in [0.4, 0.5) is 0 Å². The molecule has 8 heteroatoms. The van der Waals surface area contributed by atoms with Crippen molar-refractivity contribution in [2.24, 2.45) is 0 Å². The second-order valence-electron chi connectivity index (χ2n) is 7.46. The van der Waals surface area contributed by atoms with E-state index in [1.807, 2.05) is 9.80 Å². The van der Waals surface area contributed by atoms with E-state index < -0.39 is 0 Å². The van der Waals surface area contributed by atoms with Gasteiger partial charge in [0.1, 0.15) is 0 Å². The van der Waals surface area contributed by atoms with Crippen LogP contribution in [0.2, 0.25) is 0 Å². The number of hydrogen-bond acceptors (Lipinski definition) is 4. The first kappa shape index (κ1) is 19.4. The third-order valence-corrected chi connectivity index (χ3v) is 6.04. The largest absolute Gasteiger partial charge is 0.342 e. The van der Waals surface area contributed by atoms with Crippen LogP contribution < -0.4 is 0 Å². The van der Waals surface area contributed by atoms with E-state index >= 15 is 0 Å². The van der Waals surface area contributed by atoms with Crippen molar-refractivity contribution in [3.63, 3.8) is 0 Å². The molecule has 0 bridgehead atoms. The average molecular weight is 426 g/mol. The Morgan fingerprint density at radius 2 is 1.69 bits per heavy atom. The Morgan fingerprint density at radius 3 is 2.27 bits per heavy atom. The molecule has 0 radical (unpaired) electrons. The van der Waals surface area contributed by atoms with Crippen LogP contribution in [-0.4, -0.2) is 82.5 Å². The number of aromatic nitrogens is 2. The number of nitrogens with zero attached hydrogens (tertiary/aromatic N) is 4. The van der Waals surface area contributed by atoms with E-state index in [9.17, 15) is 9.59 Å². The fourth-order valence-electron chi connectivity index (χ4n) is 3.56. The molecule has 1 aromatic rings. The maximum Gasteiger partial charge on any atom is 0.275 e. The van der Waals surface area contributed by atoms with Crippen molar-refractivity contribution in [3.8, 4) is 0 Å². The number of rotatable bonds is 4. The molecule has 26 heavy (non-hydrogen) atoms. The number of carbonyl (C=O) groups excluding carboxylic acids is 2. The van der Waals surface area contributed by atoms with Crippen LogP contribution in [0.1, 0.15) is 55.2 Å². The van der Waals surface area contributed by atoms with E-state index in [0.29, 0.717) is 25.3 Å². The van der Waals surface area contributed by atoms with Gasteiger partial charge in [-0.3, -0.25) is 19.6 Å². The minimum Gasteiger partial charge on any atom is -0.342 e. The van der Waals surface area contributed by atoms with E-state index in [2.05, 4.69) is 44.9 Å². The topological polar surface area (TPSA) is 72.5 Å². The fourth-order valence-corrected chi connectivity index (χ4v) is 4.36. The van der Waals surface area contributed by atoms with Crippen molar-refractivity contribution >= 4 is 27.7 Å². The predicted octanol–water partition coefficient (Wildman–Crippen LogP) is 2.07. The zero-order chi connectivity index (χ0) is 18.7. The van der Waals surface area contributed by atoms with Gasteiger partial charge >= 0.3 is 0 Å². The quantitative estimate of drug-likeness (QED) is 0.800. The van der Waals surface area contributed by atoms with Crippen LogP contribution in [0.5, 0.6) is 0 Å². The van der Waals surface area contributed by atoms with Crippen molar-refractivity contribution in [3.05, 3.63) is 15.9 Å². The zero-order valence-corrected chi connectivity index (χ0v) is 17.2. The summed E-state index contributed by atoms with van der Waals surface area (Å²) in [6.45, 7) is 9.08. The van der Waals surface area contributed by atoms with Crippen molar-refractivity contribution < 1.29 is 9.59 Å². The molecule has 0 saturated carbocycles. The summed E-state index contributed by atoms with van der Waals surface area (Å²) < 4.78 is 0.764. The second-order valence-corrected chi connectivity index (χ2v) is 8.26. The molecule has 2 aliphatic heterocycles. The highest BCUT2D eigenvalue weighted by Gasteiger charge is 2.28. The second kappa shape index (κ2) is 8.52. The summed E-state index contributed by atoms with van der Waals surface area (Å²) in [6, 6.07) is 0. The van der Waals surface area contributed by atoms with Crippen molar-refractivity contribution in [2.75, 3.05) is 45.8 Å². The molecule has 1 N–H and O–H groups in total. The number of likely N-dealkylation sites (tertiary alicyclic amines) is 1. The van der Waals surface area contributed by atoms with Crippen LogP contribution >= 0.6 is 15.9 Å². The number of aromatic amines is 1. The van der Waals surface area contributed by atoms with E-state index in [0.717, 1.165) is 49.2 Å². The molecule has 3 rings (SSSR count). The van der Waals surface area contributed by atoms with Crippen LogP contribution in [-0.2, 0) is 4.79 Å². The predicted molar refractivity (Wildman–Crippen MR) is 103 cm³/mol. The first-order valence-electron chi connectivity index (χ1n) is 9.50. The summed E-state index contributed by atoms with van der Waals surface area (Å²) in [5.41, 5.74) is 1.39. The minimum atomic E-state index is -0.0537. The number of amides is 2. The molecule has 0 spiro atoms. The number of hydrogen-bond donors (Lipinski definition) is 1. The lowest BCUT2D eigenvalue weighted by atomic mass is 10.1. The smallest absolute Gasteiger partial charge is 0.275 e. The molecule has 0 aromatic carbocycles. The normalized spacial score (nSPS) is 19.2. The van der Waals surface area contributed by atoms with Gasteiger partial charge in [-0.15, -0.1) is 0 Å². The molecule has 0 unspecified atom stereocenters. The number of piperidine rings is 1. The lowest BCUT2D eigenvalue weighted by Gasteiger charge is -2.35. The Balaban J connectivity index is 1.51. The third kappa shape index (κ3) is 4.28. The molecule has 2 amide bonds. The van der Waals surface area contributed by atoms with Gasteiger partial charge in [0.2, 0.25) is 5.91 Å². The summed E-state index contributed by atoms with van der Waals surface area (Å²) in [6.07, 6.45) is 3.46. The van der Waals surface area contributed by atoms with E-state index in [-0.39, 0.29) is 17.7 Å². The maximum atomic E-state index is 12.8. The van der Waals surface area contributed by atoms with Gasteiger partial charge in [0.25, 0.3) is 5.91 Å². The minimum absolute atomic E-state index is 0.0537. The molecule has 2 aliphatic rings. The first-order chi connectivity index (χ1) is 12.5. The van der Waals surface area contributed by atoms with Gasteiger partial charge in [-0.1, -0.05) is 13.8 Å². The zero-order valence-electron chi connectivity index (χ0n) is 15.6. The molecule has 144 valence electrons. The van der Waals surface area contributed by atoms with E-state index in [4.69, 9.17) is 0 Å². The number of piperazine rings is 1. The summed E-state index contributed by atoms with van der Waals surface area (Å²) in [4.78, 5) is 31.1. The molecule has 2 fully saturated rings. The van der Waals surface area contributed by atoms with Gasteiger partial charge in [-0.25, -0.2) is 0 Å². The highest BCUT2D eigenvalue weighted by molar-refractivity contribution is 9.10. The SMILES string of the molecule is CC(C)c1[nH]nc(C(=O)N2CCN(CC(=O)N3CCCCC3)CC2)c1Br. The maximum absolute atomic E-state index is 12.8. The Morgan fingerprint density at radius 1 is 1.04 bits per heavy atom. The summed E-state index contributed by atoms with van der Waals surface area (Å²) in [7, 11) is 0. The fraction of sp³-hybridized carbons (Fsp3) is 0.722. The van der Waals surface area contributed by atoms with Gasteiger partial charge in [-0.2, -0.15) is 5.10 Å². The molecule has 1 aromatic heterocycles. The van der Waals surface area contributed by atoms with Gasteiger partial charge < -0.3 is 9.80 Å². The first-order valence-corrected chi connectivity index (χ1v) is 10.3. The van der Waals surface area contributed by atoms with E-state index in [1.54, 1.807) is 0 Å². The Hall–Kier alpha value is -1.41. The summed E-state index contributed by atoms with van der Waals surface area (Å²) >= 11 is 3.51. The molecular weight excluding hydrogens is 398 g/mol. The molecule has 2 saturated heterocycles. The summed E-state index contributed by atoms with van der Waals surface area (Å²) in [5.74, 6) is 0.444. The summed E-state index contributed by atoms with van der Waals surface area (Å²) in [5, 5.41) is 7.16. The highest BCUT2D eigenvalue weighted by atomic mass is 79.9. The Labute approximate surface area is 163 Å². The lowest BCUT2D eigenvalue weighted by molar-refractivity contribution is -0.133. The van der Waals surface area contributed by atoms with Gasteiger partial charge in [0.05, 0.1) is 16.7 Å². The van der Waals surface area contributed by atoms with Crippen molar-refractivity contribution in [1.82, 2.24) is 24.9 Å². The molecule has 3 heterocycles. The number of nitrogens with one attached hydrogen (secondary N) is 1. The van der Waals surface area contributed by atoms with Gasteiger partial charge in [0, 0.05) is 39.3 Å². The molecule has 7 nitrogen and oxygen atoms in total. The number of H-pyrrole nitrogens is 1. The van der Waals surface area contributed by atoms with E-state index in [1.165, 1.54) is 6.42 Å². The Kier molecular flexibility index (Phi) is 6.34. The third-order valence-electron chi connectivity index (χ3n) is 5.24. The average Bonchev–Trinajstić information content (AvgIpc) is 3.04. The van der Waals surface area contributed by atoms with Crippen LogP contribution in [0.15, 0.2) is 4.47 Å². The van der Waals surface area contributed by atoms with Gasteiger partial charge in [0.15, 0.2) is 5.69 Å². The molecular formula is C18H28BrN5O2. The number of halogens is 1.